The fourth-order valence-electron chi connectivity index (χ4n) is 5.59. The number of carbonyl (C=O) groups is 2. The molecule has 5 rings (SSSR count). The molecule has 1 N–H and O–H groups in total. The largest absolute Gasteiger partial charge is 0.394 e. The van der Waals surface area contributed by atoms with E-state index in [1.165, 1.54) is 0 Å². The van der Waals surface area contributed by atoms with Crippen molar-refractivity contribution in [2.45, 2.75) is 32.6 Å². The third-order valence-corrected chi connectivity index (χ3v) is 7.95. The molecule has 208 valence electrons. The first kappa shape index (κ1) is 27.6. The number of amides is 2. The summed E-state index contributed by atoms with van der Waals surface area (Å²) in [7, 11) is 3.69. The van der Waals surface area contributed by atoms with Crippen molar-refractivity contribution >= 4 is 22.7 Å². The first-order valence-electron chi connectivity index (χ1n) is 13.7. The molecule has 3 atom stereocenters. The third kappa shape index (κ3) is 5.12. The highest BCUT2D eigenvalue weighted by Gasteiger charge is 2.34. The molecule has 2 amide bonds. The number of rotatable bonds is 5. The Balaban J connectivity index is 1.60. The molecule has 0 fully saturated rings. The predicted molar refractivity (Wildman–Crippen MR) is 155 cm³/mol. The number of likely N-dealkylation sites (N-methyl/N-ethyl adjacent to an activating group) is 1. The summed E-state index contributed by atoms with van der Waals surface area (Å²) in [6.45, 7) is 4.76. The number of hydrogen-bond acceptors (Lipinski definition) is 5. The van der Waals surface area contributed by atoms with Crippen LogP contribution in [-0.4, -0.2) is 75.2 Å². The molecule has 0 unspecified atom stereocenters. The number of pyridine rings is 1. The van der Waals surface area contributed by atoms with Gasteiger partial charge in [0.2, 0.25) is 0 Å². The lowest BCUT2D eigenvalue weighted by molar-refractivity contribution is -0.0210. The van der Waals surface area contributed by atoms with E-state index in [0.29, 0.717) is 31.0 Å². The Labute approximate surface area is 234 Å². The molecule has 0 spiro atoms. The molecule has 3 heterocycles. The van der Waals surface area contributed by atoms with Crippen molar-refractivity contribution in [3.8, 4) is 11.1 Å². The van der Waals surface area contributed by atoms with Crippen molar-refractivity contribution in [2.75, 3.05) is 26.7 Å². The van der Waals surface area contributed by atoms with E-state index in [9.17, 15) is 14.7 Å². The summed E-state index contributed by atoms with van der Waals surface area (Å²) in [5, 5.41) is 11.2. The fraction of sp³-hybridized carbons (Fsp3) is 0.344. The van der Waals surface area contributed by atoms with Gasteiger partial charge in [-0.1, -0.05) is 49.4 Å². The highest BCUT2D eigenvalue weighted by atomic mass is 16.5. The van der Waals surface area contributed by atoms with Crippen molar-refractivity contribution < 1.29 is 19.4 Å². The Kier molecular flexibility index (Phi) is 8.00. The van der Waals surface area contributed by atoms with Crippen LogP contribution in [0.1, 0.15) is 40.3 Å². The van der Waals surface area contributed by atoms with E-state index in [0.717, 1.165) is 27.6 Å². The van der Waals surface area contributed by atoms with Gasteiger partial charge < -0.3 is 24.2 Å². The molecular weight excluding hydrogens is 504 g/mol. The van der Waals surface area contributed by atoms with Gasteiger partial charge in [-0.3, -0.25) is 14.6 Å². The summed E-state index contributed by atoms with van der Waals surface area (Å²) in [5.41, 5.74) is 4.89. The standard InChI is InChI=1S/C32H36N4O4/c1-21-17-36(22(2)19-37)32(39)30-29(26-11-7-8-12-27(26)35(30)4)25-10-6-5-9-24(25)20-40-28(21)18-34(3)31(38)23-13-15-33-16-14-23/h5-16,21-22,28,37H,17-20H2,1-4H3/t21-,22-,28+/m1/s1. The number of para-hydroxylation sites is 1. The van der Waals surface area contributed by atoms with Crippen molar-refractivity contribution in [2.24, 2.45) is 13.0 Å². The van der Waals surface area contributed by atoms with Gasteiger partial charge >= 0.3 is 0 Å². The zero-order valence-electron chi connectivity index (χ0n) is 23.4. The molecule has 40 heavy (non-hydrogen) atoms. The fourth-order valence-corrected chi connectivity index (χ4v) is 5.59. The highest BCUT2D eigenvalue weighted by Crippen LogP contribution is 2.38. The average Bonchev–Trinajstić information content (AvgIpc) is 3.28. The summed E-state index contributed by atoms with van der Waals surface area (Å²) in [5.74, 6) is -0.392. The topological polar surface area (TPSA) is 87.9 Å². The zero-order valence-corrected chi connectivity index (χ0v) is 23.4. The van der Waals surface area contributed by atoms with E-state index in [-0.39, 0.29) is 30.4 Å². The molecule has 8 heteroatoms. The minimum atomic E-state index is -0.409. The second-order valence-electron chi connectivity index (χ2n) is 10.7. The van der Waals surface area contributed by atoms with E-state index >= 15 is 0 Å². The van der Waals surface area contributed by atoms with Crippen LogP contribution in [-0.2, 0) is 18.4 Å². The van der Waals surface area contributed by atoms with Crippen LogP contribution in [0, 0.1) is 5.92 Å². The van der Waals surface area contributed by atoms with Gasteiger partial charge in [-0.2, -0.15) is 0 Å². The monoisotopic (exact) mass is 540 g/mol. The molecule has 1 aliphatic heterocycles. The maximum absolute atomic E-state index is 14.4. The van der Waals surface area contributed by atoms with Gasteiger partial charge in [0.25, 0.3) is 11.8 Å². The predicted octanol–water partition coefficient (Wildman–Crippen LogP) is 4.37. The van der Waals surface area contributed by atoms with Crippen molar-refractivity contribution in [1.29, 1.82) is 0 Å². The Morgan fingerprint density at radius 2 is 1.82 bits per heavy atom. The van der Waals surface area contributed by atoms with Crippen molar-refractivity contribution in [1.82, 2.24) is 19.4 Å². The Bertz CT molecular complexity index is 1520. The molecule has 2 aromatic carbocycles. The number of aromatic nitrogens is 2. The first-order chi connectivity index (χ1) is 19.3. The Morgan fingerprint density at radius 1 is 1.12 bits per heavy atom. The van der Waals surface area contributed by atoms with Crippen LogP contribution in [0.3, 0.4) is 0 Å². The average molecular weight is 541 g/mol. The van der Waals surface area contributed by atoms with Gasteiger partial charge in [0.15, 0.2) is 0 Å². The summed E-state index contributed by atoms with van der Waals surface area (Å²) >= 11 is 0. The number of aliphatic hydroxyl groups excluding tert-OH is 1. The van der Waals surface area contributed by atoms with E-state index < -0.39 is 6.04 Å². The second kappa shape index (κ2) is 11.6. The smallest absolute Gasteiger partial charge is 0.271 e. The van der Waals surface area contributed by atoms with Gasteiger partial charge in [0, 0.05) is 67.5 Å². The van der Waals surface area contributed by atoms with Gasteiger partial charge in [0.05, 0.1) is 25.4 Å². The van der Waals surface area contributed by atoms with Gasteiger partial charge in [-0.15, -0.1) is 0 Å². The summed E-state index contributed by atoms with van der Waals surface area (Å²) < 4.78 is 8.55. The molecular formula is C32H36N4O4. The first-order valence-corrected chi connectivity index (χ1v) is 13.7. The Hall–Kier alpha value is -4.01. The zero-order chi connectivity index (χ0) is 28.4. The molecule has 1 aliphatic rings. The highest BCUT2D eigenvalue weighted by molar-refractivity contribution is 6.10. The number of ether oxygens (including phenoxy) is 1. The third-order valence-electron chi connectivity index (χ3n) is 7.95. The van der Waals surface area contributed by atoms with Crippen LogP contribution in [0.25, 0.3) is 22.0 Å². The van der Waals surface area contributed by atoms with Gasteiger partial charge in [-0.05, 0) is 36.2 Å². The molecule has 0 radical (unpaired) electrons. The van der Waals surface area contributed by atoms with Crippen LogP contribution < -0.4 is 0 Å². The maximum Gasteiger partial charge on any atom is 0.271 e. The summed E-state index contributed by atoms with van der Waals surface area (Å²) in [4.78, 5) is 35.0. The molecule has 0 bridgehead atoms. The molecule has 0 saturated heterocycles. The number of aryl methyl sites for hydroxylation is 1. The summed E-state index contributed by atoms with van der Waals surface area (Å²) in [6, 6.07) is 19.0. The number of hydrogen-bond donors (Lipinski definition) is 1. The van der Waals surface area contributed by atoms with Crippen LogP contribution in [0.15, 0.2) is 73.1 Å². The molecule has 8 nitrogen and oxygen atoms in total. The van der Waals surface area contributed by atoms with Crippen LogP contribution in [0.5, 0.6) is 0 Å². The van der Waals surface area contributed by atoms with E-state index in [4.69, 9.17) is 4.74 Å². The number of benzene rings is 2. The van der Waals surface area contributed by atoms with Crippen LogP contribution in [0.2, 0.25) is 0 Å². The number of nitrogens with zero attached hydrogens (tertiary/aromatic N) is 4. The normalized spacial score (nSPS) is 18.5. The van der Waals surface area contributed by atoms with Gasteiger partial charge in [0.1, 0.15) is 5.69 Å². The Morgan fingerprint density at radius 3 is 2.58 bits per heavy atom. The maximum atomic E-state index is 14.4. The van der Waals surface area contributed by atoms with E-state index in [2.05, 4.69) is 4.98 Å². The lowest BCUT2D eigenvalue weighted by atomic mass is 9.96. The van der Waals surface area contributed by atoms with Crippen molar-refractivity contribution in [3.05, 3.63) is 89.9 Å². The van der Waals surface area contributed by atoms with E-state index in [1.54, 1.807) is 41.4 Å². The number of aliphatic hydroxyl groups is 1. The van der Waals surface area contributed by atoms with Crippen molar-refractivity contribution in [3.63, 3.8) is 0 Å². The molecule has 0 aliphatic carbocycles. The molecule has 0 saturated carbocycles. The quantitative estimate of drug-likeness (QED) is 0.406. The molecule has 2 aromatic heterocycles. The lowest BCUT2D eigenvalue weighted by Crippen LogP contribution is -2.48. The number of carbonyl (C=O) groups excluding carboxylic acids is 2. The van der Waals surface area contributed by atoms with E-state index in [1.807, 2.05) is 74.0 Å². The lowest BCUT2D eigenvalue weighted by Gasteiger charge is -2.35. The minimum absolute atomic E-state index is 0.122. The molecule has 4 aromatic rings. The van der Waals surface area contributed by atoms with Gasteiger partial charge in [-0.25, -0.2) is 0 Å². The number of fused-ring (bicyclic) bond motifs is 5. The SMILES string of the molecule is C[C@@H]1CN([C@H](C)CO)C(=O)c2c(c3ccccc3n2C)-c2ccccc2CO[C@H]1CN(C)C(=O)c1ccncc1. The summed E-state index contributed by atoms with van der Waals surface area (Å²) in [6.07, 6.45) is 2.85. The second-order valence-corrected chi connectivity index (χ2v) is 10.7. The minimum Gasteiger partial charge on any atom is -0.394 e. The van der Waals surface area contributed by atoms with Crippen LogP contribution >= 0.6 is 0 Å². The van der Waals surface area contributed by atoms with Crippen LogP contribution in [0.4, 0.5) is 0 Å².